The molecule has 2 heterocycles. The van der Waals surface area contributed by atoms with Gasteiger partial charge in [-0.05, 0) is 18.9 Å². The molecule has 27 heavy (non-hydrogen) atoms. The van der Waals surface area contributed by atoms with Crippen LogP contribution >= 0.6 is 0 Å². The van der Waals surface area contributed by atoms with Crippen LogP contribution in [0.4, 0.5) is 0 Å². The number of carboxylic acid groups (broad SMARTS) is 1. The number of carbonyl (C=O) groups is 3. The van der Waals surface area contributed by atoms with E-state index in [0.717, 1.165) is 25.7 Å². The van der Waals surface area contributed by atoms with Crippen LogP contribution < -0.4 is 0 Å². The standard InChI is InChI=1S/C18H26N4O5/c1-13(23)21(12-17(24)25)11-15-10-20(8-9-27-15)18(26)16-6-7-19-22(16)14-4-2-3-5-14/h6-7,14-15H,2-5,8-12H2,1H3,(H,24,25). The smallest absolute Gasteiger partial charge is 0.323 e. The number of morpholine rings is 1. The van der Waals surface area contributed by atoms with Gasteiger partial charge in [0, 0.05) is 32.8 Å². The van der Waals surface area contributed by atoms with E-state index in [1.54, 1.807) is 17.2 Å². The van der Waals surface area contributed by atoms with Crippen LogP contribution in [-0.2, 0) is 14.3 Å². The zero-order valence-corrected chi connectivity index (χ0v) is 15.5. The van der Waals surface area contributed by atoms with Crippen molar-refractivity contribution in [2.45, 2.75) is 44.8 Å². The van der Waals surface area contributed by atoms with Crippen molar-refractivity contribution in [3.8, 4) is 0 Å². The predicted octanol–water partition coefficient (Wildman–Crippen LogP) is 0.772. The second-order valence-corrected chi connectivity index (χ2v) is 7.14. The first kappa shape index (κ1) is 19.3. The number of ether oxygens (including phenoxy) is 1. The number of carboxylic acids is 1. The number of rotatable bonds is 6. The lowest BCUT2D eigenvalue weighted by atomic mass is 10.2. The summed E-state index contributed by atoms with van der Waals surface area (Å²) in [5.41, 5.74) is 0.580. The normalized spacial score (nSPS) is 20.6. The molecule has 1 aromatic heterocycles. The molecule has 0 bridgehead atoms. The summed E-state index contributed by atoms with van der Waals surface area (Å²) >= 11 is 0. The van der Waals surface area contributed by atoms with E-state index < -0.39 is 12.1 Å². The summed E-state index contributed by atoms with van der Waals surface area (Å²) in [4.78, 5) is 38.5. The second-order valence-electron chi connectivity index (χ2n) is 7.14. The summed E-state index contributed by atoms with van der Waals surface area (Å²) in [6, 6.07) is 2.02. The molecule has 1 unspecified atom stereocenters. The SMILES string of the molecule is CC(=O)N(CC(=O)O)CC1CN(C(=O)c2ccnn2C2CCCC2)CCO1. The van der Waals surface area contributed by atoms with Crippen LogP contribution in [-0.4, -0.2) is 81.4 Å². The predicted molar refractivity (Wildman–Crippen MR) is 95.3 cm³/mol. The Morgan fingerprint density at radius 1 is 1.33 bits per heavy atom. The fourth-order valence-corrected chi connectivity index (χ4v) is 3.81. The highest BCUT2D eigenvalue weighted by atomic mass is 16.5. The van der Waals surface area contributed by atoms with E-state index in [1.807, 2.05) is 4.68 Å². The van der Waals surface area contributed by atoms with Gasteiger partial charge in [-0.15, -0.1) is 0 Å². The van der Waals surface area contributed by atoms with E-state index in [0.29, 0.717) is 25.4 Å². The molecule has 1 atom stereocenters. The molecule has 0 radical (unpaired) electrons. The summed E-state index contributed by atoms with van der Waals surface area (Å²) in [6.45, 7) is 2.23. The molecule has 3 rings (SSSR count). The monoisotopic (exact) mass is 378 g/mol. The molecule has 9 nitrogen and oxygen atoms in total. The van der Waals surface area contributed by atoms with Crippen molar-refractivity contribution >= 4 is 17.8 Å². The quantitative estimate of drug-likeness (QED) is 0.784. The minimum atomic E-state index is -1.07. The molecule has 0 aromatic carbocycles. The van der Waals surface area contributed by atoms with Gasteiger partial charge in [-0.2, -0.15) is 5.10 Å². The molecular formula is C18H26N4O5. The first-order valence-electron chi connectivity index (χ1n) is 9.37. The summed E-state index contributed by atoms with van der Waals surface area (Å²) < 4.78 is 7.50. The van der Waals surface area contributed by atoms with E-state index >= 15 is 0 Å². The lowest BCUT2D eigenvalue weighted by Crippen LogP contribution is -2.51. The van der Waals surface area contributed by atoms with Gasteiger partial charge < -0.3 is 19.6 Å². The van der Waals surface area contributed by atoms with Gasteiger partial charge in [-0.3, -0.25) is 19.1 Å². The highest BCUT2D eigenvalue weighted by molar-refractivity contribution is 5.92. The molecule has 1 aromatic rings. The van der Waals surface area contributed by atoms with Crippen molar-refractivity contribution < 1.29 is 24.2 Å². The van der Waals surface area contributed by atoms with Crippen LogP contribution in [0.2, 0.25) is 0 Å². The van der Waals surface area contributed by atoms with Crippen LogP contribution in [0, 0.1) is 0 Å². The Morgan fingerprint density at radius 3 is 2.74 bits per heavy atom. The number of nitrogens with zero attached hydrogens (tertiary/aromatic N) is 4. The summed E-state index contributed by atoms with van der Waals surface area (Å²) in [7, 11) is 0. The van der Waals surface area contributed by atoms with Crippen LogP contribution in [0.15, 0.2) is 12.3 Å². The average molecular weight is 378 g/mol. The van der Waals surface area contributed by atoms with Crippen molar-refractivity contribution in [2.75, 3.05) is 32.8 Å². The molecule has 1 aliphatic heterocycles. The maximum atomic E-state index is 13.0. The zero-order chi connectivity index (χ0) is 19.4. The number of hydrogen-bond donors (Lipinski definition) is 1. The van der Waals surface area contributed by atoms with Gasteiger partial charge in [0.25, 0.3) is 5.91 Å². The Kier molecular flexibility index (Phi) is 6.10. The van der Waals surface area contributed by atoms with E-state index in [2.05, 4.69) is 5.10 Å². The maximum absolute atomic E-state index is 13.0. The maximum Gasteiger partial charge on any atom is 0.323 e. The molecule has 2 aliphatic rings. The molecule has 148 valence electrons. The van der Waals surface area contributed by atoms with Crippen molar-refractivity contribution in [1.82, 2.24) is 19.6 Å². The van der Waals surface area contributed by atoms with Gasteiger partial charge in [0.2, 0.25) is 5.91 Å². The second kappa shape index (κ2) is 8.51. The molecule has 0 spiro atoms. The van der Waals surface area contributed by atoms with E-state index in [4.69, 9.17) is 9.84 Å². The summed E-state index contributed by atoms with van der Waals surface area (Å²) in [5, 5.41) is 13.3. The molecule has 1 N–H and O–H groups in total. The Hall–Kier alpha value is -2.42. The lowest BCUT2D eigenvalue weighted by molar-refractivity contribution is -0.145. The molecule has 2 fully saturated rings. The van der Waals surface area contributed by atoms with Crippen LogP contribution in [0.25, 0.3) is 0 Å². The van der Waals surface area contributed by atoms with E-state index in [-0.39, 0.29) is 30.9 Å². The molecule has 1 saturated heterocycles. The number of carbonyl (C=O) groups excluding carboxylic acids is 2. The number of hydrogen-bond acceptors (Lipinski definition) is 5. The van der Waals surface area contributed by atoms with Gasteiger partial charge in [0.15, 0.2) is 0 Å². The summed E-state index contributed by atoms with van der Waals surface area (Å²) in [6.07, 6.45) is 5.64. The van der Waals surface area contributed by atoms with Crippen LogP contribution in [0.3, 0.4) is 0 Å². The van der Waals surface area contributed by atoms with E-state index in [1.165, 1.54) is 11.8 Å². The number of aromatic nitrogens is 2. The van der Waals surface area contributed by atoms with Gasteiger partial charge in [-0.25, -0.2) is 0 Å². The summed E-state index contributed by atoms with van der Waals surface area (Å²) in [5.74, 6) is -1.50. The Labute approximate surface area is 157 Å². The Bertz CT molecular complexity index is 698. The third-order valence-corrected chi connectivity index (χ3v) is 5.18. The highest BCUT2D eigenvalue weighted by Crippen LogP contribution is 2.30. The van der Waals surface area contributed by atoms with Gasteiger partial charge in [0.1, 0.15) is 12.2 Å². The largest absolute Gasteiger partial charge is 0.480 e. The van der Waals surface area contributed by atoms with Crippen molar-refractivity contribution in [1.29, 1.82) is 0 Å². The van der Waals surface area contributed by atoms with E-state index in [9.17, 15) is 14.4 Å². The van der Waals surface area contributed by atoms with Crippen LogP contribution in [0.1, 0.15) is 49.1 Å². The first-order valence-corrected chi connectivity index (χ1v) is 9.37. The lowest BCUT2D eigenvalue weighted by Gasteiger charge is -2.35. The third-order valence-electron chi connectivity index (χ3n) is 5.18. The van der Waals surface area contributed by atoms with Crippen molar-refractivity contribution in [2.24, 2.45) is 0 Å². The van der Waals surface area contributed by atoms with Gasteiger partial charge >= 0.3 is 5.97 Å². The fourth-order valence-electron chi connectivity index (χ4n) is 3.81. The molecule has 1 aliphatic carbocycles. The number of aliphatic carboxylic acids is 1. The van der Waals surface area contributed by atoms with Crippen LogP contribution in [0.5, 0.6) is 0 Å². The van der Waals surface area contributed by atoms with Gasteiger partial charge in [0.05, 0.1) is 18.8 Å². The molecular weight excluding hydrogens is 352 g/mol. The Morgan fingerprint density at radius 2 is 2.07 bits per heavy atom. The zero-order valence-electron chi connectivity index (χ0n) is 15.5. The molecule has 2 amide bonds. The molecule has 1 saturated carbocycles. The average Bonchev–Trinajstić information content (AvgIpc) is 3.31. The molecule has 9 heteroatoms. The topological polar surface area (TPSA) is 105 Å². The third kappa shape index (κ3) is 4.65. The first-order chi connectivity index (χ1) is 13.0. The minimum Gasteiger partial charge on any atom is -0.480 e. The minimum absolute atomic E-state index is 0.0969. The fraction of sp³-hybridized carbons (Fsp3) is 0.667. The van der Waals surface area contributed by atoms with Crippen molar-refractivity contribution in [3.63, 3.8) is 0 Å². The van der Waals surface area contributed by atoms with Crippen molar-refractivity contribution in [3.05, 3.63) is 18.0 Å². The highest BCUT2D eigenvalue weighted by Gasteiger charge is 2.30. The van der Waals surface area contributed by atoms with Gasteiger partial charge in [-0.1, -0.05) is 12.8 Å². The number of amides is 2. The Balaban J connectivity index is 1.65.